The van der Waals surface area contributed by atoms with Crippen molar-refractivity contribution in [1.29, 1.82) is 0 Å². The van der Waals surface area contributed by atoms with Crippen LogP contribution in [0.4, 0.5) is 0 Å². The Morgan fingerprint density at radius 3 is 2.26 bits per heavy atom. The lowest BCUT2D eigenvalue weighted by atomic mass is 9.96. The molecule has 2 aromatic rings. The van der Waals surface area contributed by atoms with Gasteiger partial charge in [-0.25, -0.2) is 0 Å². The van der Waals surface area contributed by atoms with Gasteiger partial charge in [0.25, 0.3) is 0 Å². The van der Waals surface area contributed by atoms with E-state index in [1.54, 1.807) is 7.11 Å². The highest BCUT2D eigenvalue weighted by Gasteiger charge is 2.07. The molecule has 0 radical (unpaired) electrons. The van der Waals surface area contributed by atoms with Crippen LogP contribution in [0.25, 0.3) is 0 Å². The van der Waals surface area contributed by atoms with Crippen LogP contribution in [-0.2, 0) is 0 Å². The summed E-state index contributed by atoms with van der Waals surface area (Å²) in [5, 5.41) is 0. The van der Waals surface area contributed by atoms with Crippen molar-refractivity contribution in [3.05, 3.63) is 59.7 Å². The van der Waals surface area contributed by atoms with Crippen LogP contribution in [0.1, 0.15) is 56.6 Å². The van der Waals surface area contributed by atoms with Gasteiger partial charge in [-0.15, -0.1) is 0 Å². The summed E-state index contributed by atoms with van der Waals surface area (Å²) in [5.41, 5.74) is 2.68. The third kappa shape index (κ3) is 5.31. The molecule has 124 valence electrons. The molecule has 0 fully saturated rings. The van der Waals surface area contributed by atoms with Crippen molar-refractivity contribution in [2.24, 2.45) is 0 Å². The van der Waals surface area contributed by atoms with E-state index in [0.29, 0.717) is 11.8 Å². The van der Waals surface area contributed by atoms with Gasteiger partial charge < -0.3 is 9.47 Å². The zero-order valence-electron chi connectivity index (χ0n) is 14.7. The van der Waals surface area contributed by atoms with E-state index in [4.69, 9.17) is 9.47 Å². The van der Waals surface area contributed by atoms with Gasteiger partial charge in [-0.3, -0.25) is 0 Å². The molecular weight excluding hydrogens is 284 g/mol. The van der Waals surface area contributed by atoms with E-state index in [0.717, 1.165) is 30.9 Å². The van der Waals surface area contributed by atoms with Gasteiger partial charge in [0.05, 0.1) is 13.7 Å². The van der Waals surface area contributed by atoms with Gasteiger partial charge in [0, 0.05) is 0 Å². The maximum Gasteiger partial charge on any atom is 0.119 e. The molecule has 2 nitrogen and oxygen atoms in total. The lowest BCUT2D eigenvalue weighted by Gasteiger charge is -2.13. The minimum Gasteiger partial charge on any atom is -0.497 e. The zero-order chi connectivity index (χ0) is 16.7. The lowest BCUT2D eigenvalue weighted by molar-refractivity contribution is 0.302. The summed E-state index contributed by atoms with van der Waals surface area (Å²) < 4.78 is 11.1. The number of ether oxygens (including phenoxy) is 2. The number of hydrogen-bond donors (Lipinski definition) is 0. The summed E-state index contributed by atoms with van der Waals surface area (Å²) in [5.74, 6) is 2.96. The average molecular weight is 312 g/mol. The summed E-state index contributed by atoms with van der Waals surface area (Å²) in [6, 6.07) is 16.8. The molecule has 0 spiro atoms. The van der Waals surface area contributed by atoms with Crippen molar-refractivity contribution in [3.63, 3.8) is 0 Å². The van der Waals surface area contributed by atoms with Crippen LogP contribution in [0, 0.1) is 0 Å². The Balaban J connectivity index is 1.76. The average Bonchev–Trinajstić information content (AvgIpc) is 2.59. The smallest absolute Gasteiger partial charge is 0.119 e. The molecule has 0 N–H and O–H groups in total. The second kappa shape index (κ2) is 8.61. The molecule has 0 aliphatic heterocycles. The first-order valence-corrected chi connectivity index (χ1v) is 8.47. The Labute approximate surface area is 140 Å². The van der Waals surface area contributed by atoms with E-state index >= 15 is 0 Å². The minimum atomic E-state index is 0.511. The Morgan fingerprint density at radius 2 is 1.61 bits per heavy atom. The van der Waals surface area contributed by atoms with Gasteiger partial charge in [0.2, 0.25) is 0 Å². The fraction of sp³-hybridized carbons (Fsp3) is 0.429. The molecule has 0 saturated carbocycles. The number of rotatable bonds is 8. The Morgan fingerprint density at radius 1 is 0.870 bits per heavy atom. The maximum atomic E-state index is 5.85. The van der Waals surface area contributed by atoms with Crippen molar-refractivity contribution in [2.45, 2.75) is 45.4 Å². The van der Waals surface area contributed by atoms with E-state index in [2.05, 4.69) is 63.2 Å². The summed E-state index contributed by atoms with van der Waals surface area (Å²) in [4.78, 5) is 0. The SMILES string of the molecule is COc1cccc(C(C)CCCOc2ccc(C(C)C)cc2)c1. The molecule has 2 rings (SSSR count). The molecule has 1 atom stereocenters. The molecule has 2 heteroatoms. The van der Waals surface area contributed by atoms with Crippen molar-refractivity contribution in [2.75, 3.05) is 13.7 Å². The van der Waals surface area contributed by atoms with Crippen LogP contribution in [0.15, 0.2) is 48.5 Å². The number of methoxy groups -OCH3 is 1. The predicted molar refractivity (Wildman–Crippen MR) is 96.7 cm³/mol. The monoisotopic (exact) mass is 312 g/mol. The van der Waals surface area contributed by atoms with Gasteiger partial charge >= 0.3 is 0 Å². The molecule has 0 bridgehead atoms. The lowest BCUT2D eigenvalue weighted by Crippen LogP contribution is -2.01. The number of hydrogen-bond acceptors (Lipinski definition) is 2. The third-order valence-electron chi connectivity index (χ3n) is 4.26. The normalized spacial score (nSPS) is 12.2. The first kappa shape index (κ1) is 17.4. The standard InChI is InChI=1S/C21H28O2/c1-16(2)18-10-12-20(13-11-18)23-14-6-7-17(3)19-8-5-9-21(15-19)22-4/h5,8-13,15-17H,6-7,14H2,1-4H3. The highest BCUT2D eigenvalue weighted by molar-refractivity contribution is 5.30. The molecule has 2 aromatic carbocycles. The van der Waals surface area contributed by atoms with Crippen molar-refractivity contribution in [3.8, 4) is 11.5 Å². The first-order valence-electron chi connectivity index (χ1n) is 8.47. The van der Waals surface area contributed by atoms with Gasteiger partial charge in [0.15, 0.2) is 0 Å². The van der Waals surface area contributed by atoms with Crippen LogP contribution in [-0.4, -0.2) is 13.7 Å². The quantitative estimate of drug-likeness (QED) is 0.575. The molecule has 0 amide bonds. The summed E-state index contributed by atoms with van der Waals surface area (Å²) in [7, 11) is 1.71. The van der Waals surface area contributed by atoms with E-state index in [1.165, 1.54) is 11.1 Å². The Hall–Kier alpha value is -1.96. The third-order valence-corrected chi connectivity index (χ3v) is 4.26. The maximum absolute atomic E-state index is 5.85. The molecule has 0 heterocycles. The molecule has 23 heavy (non-hydrogen) atoms. The van der Waals surface area contributed by atoms with Gasteiger partial charge in [-0.1, -0.05) is 45.0 Å². The second-order valence-electron chi connectivity index (χ2n) is 6.39. The summed E-state index contributed by atoms with van der Waals surface area (Å²) >= 11 is 0. The fourth-order valence-corrected chi connectivity index (χ4v) is 2.64. The van der Waals surface area contributed by atoms with Crippen LogP contribution in [0.3, 0.4) is 0 Å². The topological polar surface area (TPSA) is 18.5 Å². The van der Waals surface area contributed by atoms with Crippen LogP contribution in [0.5, 0.6) is 11.5 Å². The molecule has 0 aliphatic rings. The van der Waals surface area contributed by atoms with E-state index in [-0.39, 0.29) is 0 Å². The predicted octanol–water partition coefficient (Wildman–Crippen LogP) is 5.78. The molecular formula is C21H28O2. The van der Waals surface area contributed by atoms with E-state index in [9.17, 15) is 0 Å². The minimum absolute atomic E-state index is 0.511. The fourth-order valence-electron chi connectivity index (χ4n) is 2.64. The largest absolute Gasteiger partial charge is 0.497 e. The molecule has 0 aromatic heterocycles. The van der Waals surface area contributed by atoms with Crippen molar-refractivity contribution >= 4 is 0 Å². The van der Waals surface area contributed by atoms with E-state index < -0.39 is 0 Å². The van der Waals surface area contributed by atoms with Crippen LogP contribution < -0.4 is 9.47 Å². The van der Waals surface area contributed by atoms with E-state index in [1.807, 2.05) is 6.07 Å². The molecule has 0 saturated heterocycles. The highest BCUT2D eigenvalue weighted by Crippen LogP contribution is 2.24. The Kier molecular flexibility index (Phi) is 6.52. The zero-order valence-corrected chi connectivity index (χ0v) is 14.7. The first-order chi connectivity index (χ1) is 11.1. The molecule has 1 unspecified atom stereocenters. The summed E-state index contributed by atoms with van der Waals surface area (Å²) in [6.07, 6.45) is 2.15. The van der Waals surface area contributed by atoms with Crippen LogP contribution >= 0.6 is 0 Å². The van der Waals surface area contributed by atoms with Crippen molar-refractivity contribution in [1.82, 2.24) is 0 Å². The second-order valence-corrected chi connectivity index (χ2v) is 6.39. The molecule has 0 aliphatic carbocycles. The highest BCUT2D eigenvalue weighted by atomic mass is 16.5. The van der Waals surface area contributed by atoms with Crippen molar-refractivity contribution < 1.29 is 9.47 Å². The summed E-state index contributed by atoms with van der Waals surface area (Å²) in [6.45, 7) is 7.42. The van der Waals surface area contributed by atoms with Gasteiger partial charge in [-0.05, 0) is 60.1 Å². The van der Waals surface area contributed by atoms with Crippen LogP contribution in [0.2, 0.25) is 0 Å². The van der Waals surface area contributed by atoms with Gasteiger partial charge in [0.1, 0.15) is 11.5 Å². The number of benzene rings is 2. The van der Waals surface area contributed by atoms with Gasteiger partial charge in [-0.2, -0.15) is 0 Å². The Bertz CT molecular complexity index is 587.